The van der Waals surface area contributed by atoms with E-state index in [1.165, 1.54) is 6.07 Å². The van der Waals surface area contributed by atoms with Gasteiger partial charge in [-0.1, -0.05) is 25.1 Å². The van der Waals surface area contributed by atoms with Gasteiger partial charge in [0.25, 0.3) is 0 Å². The van der Waals surface area contributed by atoms with Crippen LogP contribution >= 0.6 is 11.8 Å². The van der Waals surface area contributed by atoms with Crippen LogP contribution in [0.5, 0.6) is 5.75 Å². The standard InChI is InChI=1S/C21H30FN3O2S/c1-15(2)20-23-21(27-24-20)25-10-8-16(9-11-25)5-4-12-26-18-7-6-17(14-28-3)19(22)13-18/h6-7,13,15-16H,4-5,8-12,14H2,1-3H3. The zero-order valence-corrected chi connectivity index (χ0v) is 17.8. The molecule has 1 aliphatic heterocycles. The second-order valence-corrected chi connectivity index (χ2v) is 8.56. The van der Waals surface area contributed by atoms with Crippen LogP contribution in [0.4, 0.5) is 10.4 Å². The fourth-order valence-corrected chi connectivity index (χ4v) is 4.00. The number of ether oxygens (including phenoxy) is 1. The largest absolute Gasteiger partial charge is 0.493 e. The third-order valence-corrected chi connectivity index (χ3v) is 5.78. The molecule has 0 spiro atoms. The van der Waals surface area contributed by atoms with Crippen LogP contribution < -0.4 is 9.64 Å². The van der Waals surface area contributed by atoms with Crippen LogP contribution in [0.25, 0.3) is 0 Å². The Kier molecular flexibility index (Phi) is 7.59. The number of aromatic nitrogens is 2. The first-order chi connectivity index (χ1) is 13.6. The smallest absolute Gasteiger partial charge is 0.324 e. The molecule has 1 saturated heterocycles. The first kappa shape index (κ1) is 21.0. The predicted octanol–water partition coefficient (Wildman–Crippen LogP) is 5.27. The average molecular weight is 408 g/mol. The molecule has 0 amide bonds. The fourth-order valence-electron chi connectivity index (χ4n) is 3.45. The SMILES string of the molecule is CSCc1ccc(OCCCC2CCN(c3nc(C(C)C)no3)CC2)cc1F. The average Bonchev–Trinajstić information content (AvgIpc) is 3.18. The lowest BCUT2D eigenvalue weighted by Gasteiger charge is -2.30. The molecule has 154 valence electrons. The summed E-state index contributed by atoms with van der Waals surface area (Å²) in [6, 6.07) is 5.83. The molecule has 1 aromatic heterocycles. The van der Waals surface area contributed by atoms with E-state index in [1.807, 2.05) is 18.4 Å². The van der Waals surface area contributed by atoms with E-state index in [1.54, 1.807) is 11.8 Å². The van der Waals surface area contributed by atoms with Crippen molar-refractivity contribution in [2.75, 3.05) is 30.9 Å². The van der Waals surface area contributed by atoms with Crippen molar-refractivity contribution in [3.8, 4) is 5.75 Å². The summed E-state index contributed by atoms with van der Waals surface area (Å²) in [5.74, 6) is 2.87. The Morgan fingerprint density at radius 3 is 2.75 bits per heavy atom. The molecule has 0 unspecified atom stereocenters. The summed E-state index contributed by atoms with van der Waals surface area (Å²) < 4.78 is 25.1. The van der Waals surface area contributed by atoms with Crippen LogP contribution in [-0.4, -0.2) is 36.1 Å². The van der Waals surface area contributed by atoms with Gasteiger partial charge in [-0.05, 0) is 49.5 Å². The monoisotopic (exact) mass is 407 g/mol. The van der Waals surface area contributed by atoms with E-state index in [0.29, 0.717) is 30.0 Å². The summed E-state index contributed by atoms with van der Waals surface area (Å²) in [5.41, 5.74) is 0.730. The third-order valence-electron chi connectivity index (χ3n) is 5.18. The van der Waals surface area contributed by atoms with E-state index in [2.05, 4.69) is 28.9 Å². The number of hydrogen-bond acceptors (Lipinski definition) is 6. The summed E-state index contributed by atoms with van der Waals surface area (Å²) in [6.45, 7) is 6.66. The Labute approximate surface area is 171 Å². The molecular formula is C21H30FN3O2S. The van der Waals surface area contributed by atoms with Crippen molar-refractivity contribution in [2.24, 2.45) is 5.92 Å². The highest BCUT2D eigenvalue weighted by Gasteiger charge is 2.23. The van der Waals surface area contributed by atoms with Crippen LogP contribution in [0.3, 0.4) is 0 Å². The number of rotatable bonds is 9. The zero-order valence-electron chi connectivity index (χ0n) is 17.0. The second kappa shape index (κ2) is 10.1. The second-order valence-electron chi connectivity index (χ2n) is 7.70. The minimum atomic E-state index is -0.180. The maximum atomic E-state index is 13.9. The molecule has 2 heterocycles. The normalized spacial score (nSPS) is 15.4. The number of nitrogens with zero attached hydrogens (tertiary/aromatic N) is 3. The topological polar surface area (TPSA) is 51.4 Å². The summed E-state index contributed by atoms with van der Waals surface area (Å²) in [5, 5.41) is 4.05. The number of thioether (sulfide) groups is 1. The van der Waals surface area contributed by atoms with Crippen molar-refractivity contribution in [1.29, 1.82) is 0 Å². The highest BCUT2D eigenvalue weighted by atomic mass is 32.2. The summed E-state index contributed by atoms with van der Waals surface area (Å²) in [4.78, 5) is 6.67. The quantitative estimate of drug-likeness (QED) is 0.528. The van der Waals surface area contributed by atoms with Crippen LogP contribution in [0.1, 0.15) is 56.8 Å². The molecular weight excluding hydrogens is 377 g/mol. The molecule has 0 N–H and O–H groups in total. The van der Waals surface area contributed by atoms with Gasteiger partial charge in [0.15, 0.2) is 5.82 Å². The fraction of sp³-hybridized carbons (Fsp3) is 0.619. The number of halogens is 1. The number of piperidine rings is 1. The Bertz CT molecular complexity index is 745. The first-order valence-electron chi connectivity index (χ1n) is 10.1. The number of hydrogen-bond donors (Lipinski definition) is 0. The minimum Gasteiger partial charge on any atom is -0.493 e. The summed E-state index contributed by atoms with van der Waals surface area (Å²) >= 11 is 1.62. The molecule has 1 aliphatic rings. The van der Waals surface area contributed by atoms with E-state index in [9.17, 15) is 4.39 Å². The molecule has 2 aromatic rings. The van der Waals surface area contributed by atoms with Gasteiger partial charge in [-0.25, -0.2) is 4.39 Å². The van der Waals surface area contributed by atoms with Gasteiger partial charge in [0.1, 0.15) is 11.6 Å². The van der Waals surface area contributed by atoms with E-state index in [-0.39, 0.29) is 11.7 Å². The third kappa shape index (κ3) is 5.63. The minimum absolute atomic E-state index is 0.180. The lowest BCUT2D eigenvalue weighted by atomic mass is 9.92. The van der Waals surface area contributed by atoms with Crippen molar-refractivity contribution in [2.45, 2.75) is 51.2 Å². The summed E-state index contributed by atoms with van der Waals surface area (Å²) in [6.07, 6.45) is 6.33. The van der Waals surface area contributed by atoms with Crippen LogP contribution in [-0.2, 0) is 5.75 Å². The number of benzene rings is 1. The summed E-state index contributed by atoms with van der Waals surface area (Å²) in [7, 11) is 0. The van der Waals surface area contributed by atoms with Crippen molar-refractivity contribution < 1.29 is 13.7 Å². The lowest BCUT2D eigenvalue weighted by molar-refractivity contribution is 0.275. The van der Waals surface area contributed by atoms with Crippen molar-refractivity contribution in [3.05, 3.63) is 35.4 Å². The number of anilines is 1. The van der Waals surface area contributed by atoms with Gasteiger partial charge in [-0.15, -0.1) is 0 Å². The molecule has 7 heteroatoms. The molecule has 5 nitrogen and oxygen atoms in total. The Morgan fingerprint density at radius 2 is 2.11 bits per heavy atom. The Balaban J connectivity index is 1.36. The van der Waals surface area contributed by atoms with E-state index >= 15 is 0 Å². The molecule has 1 fully saturated rings. The van der Waals surface area contributed by atoms with E-state index < -0.39 is 0 Å². The van der Waals surface area contributed by atoms with Crippen molar-refractivity contribution in [3.63, 3.8) is 0 Å². The van der Waals surface area contributed by atoms with Crippen molar-refractivity contribution in [1.82, 2.24) is 10.1 Å². The Hall–Kier alpha value is -1.76. The van der Waals surface area contributed by atoms with Gasteiger partial charge in [-0.3, -0.25) is 0 Å². The molecule has 1 aromatic carbocycles. The molecule has 28 heavy (non-hydrogen) atoms. The zero-order chi connectivity index (χ0) is 19.9. The first-order valence-corrected chi connectivity index (χ1v) is 11.4. The molecule has 3 rings (SSSR count). The van der Waals surface area contributed by atoms with Gasteiger partial charge in [0.05, 0.1) is 6.61 Å². The maximum Gasteiger partial charge on any atom is 0.324 e. The van der Waals surface area contributed by atoms with Gasteiger partial charge >= 0.3 is 6.01 Å². The lowest BCUT2D eigenvalue weighted by Crippen LogP contribution is -2.34. The van der Waals surface area contributed by atoms with Crippen LogP contribution in [0, 0.1) is 11.7 Å². The van der Waals surface area contributed by atoms with Gasteiger partial charge in [0.2, 0.25) is 0 Å². The van der Waals surface area contributed by atoms with Crippen LogP contribution in [0.15, 0.2) is 22.7 Å². The van der Waals surface area contributed by atoms with Gasteiger partial charge in [-0.2, -0.15) is 16.7 Å². The highest BCUT2D eigenvalue weighted by molar-refractivity contribution is 7.97. The van der Waals surface area contributed by atoms with E-state index in [4.69, 9.17) is 9.26 Å². The molecule has 0 atom stereocenters. The molecule has 0 aliphatic carbocycles. The highest BCUT2D eigenvalue weighted by Crippen LogP contribution is 2.26. The predicted molar refractivity (Wildman–Crippen MR) is 112 cm³/mol. The Morgan fingerprint density at radius 1 is 1.32 bits per heavy atom. The molecule has 0 saturated carbocycles. The van der Waals surface area contributed by atoms with Gasteiger partial charge in [0, 0.05) is 30.8 Å². The van der Waals surface area contributed by atoms with E-state index in [0.717, 1.165) is 50.2 Å². The van der Waals surface area contributed by atoms with Crippen LogP contribution in [0.2, 0.25) is 0 Å². The van der Waals surface area contributed by atoms with Crippen molar-refractivity contribution >= 4 is 17.8 Å². The molecule has 0 bridgehead atoms. The van der Waals surface area contributed by atoms with Gasteiger partial charge < -0.3 is 14.2 Å². The maximum absolute atomic E-state index is 13.9. The molecule has 0 radical (unpaired) electrons.